The van der Waals surface area contributed by atoms with E-state index in [1.807, 2.05) is 6.92 Å². The van der Waals surface area contributed by atoms with Gasteiger partial charge in [-0.1, -0.05) is 44.0 Å². The van der Waals surface area contributed by atoms with Crippen LogP contribution in [-0.2, 0) is 4.79 Å². The Kier molecular flexibility index (Phi) is 3.78. The van der Waals surface area contributed by atoms with E-state index in [9.17, 15) is 4.79 Å². The SMILES string of the molecule is CCC1(C)NC(c2ccccc2C)N(CCC2CC2)C1=O. The van der Waals surface area contributed by atoms with Crippen LogP contribution in [0.5, 0.6) is 0 Å². The van der Waals surface area contributed by atoms with Crippen LogP contribution in [0.1, 0.15) is 56.8 Å². The number of rotatable bonds is 5. The molecule has 3 rings (SSSR count). The van der Waals surface area contributed by atoms with Gasteiger partial charge >= 0.3 is 0 Å². The highest BCUT2D eigenvalue weighted by Crippen LogP contribution is 2.37. The van der Waals surface area contributed by atoms with E-state index in [1.165, 1.54) is 24.0 Å². The van der Waals surface area contributed by atoms with Crippen LogP contribution < -0.4 is 5.32 Å². The van der Waals surface area contributed by atoms with Crippen LogP contribution in [-0.4, -0.2) is 22.9 Å². The standard InChI is InChI=1S/C18H26N2O/c1-4-18(3)17(21)20(12-11-14-9-10-14)16(19-18)15-8-6-5-7-13(15)2/h5-8,14,16,19H,4,9-12H2,1-3H3. The third-order valence-electron chi connectivity index (χ3n) is 5.17. The molecule has 1 aliphatic carbocycles. The summed E-state index contributed by atoms with van der Waals surface area (Å²) in [6.45, 7) is 7.13. The summed E-state index contributed by atoms with van der Waals surface area (Å²) in [4.78, 5) is 14.9. The zero-order valence-electron chi connectivity index (χ0n) is 13.4. The van der Waals surface area contributed by atoms with E-state index in [1.54, 1.807) is 0 Å². The molecule has 1 amide bonds. The molecule has 1 N–H and O–H groups in total. The minimum Gasteiger partial charge on any atom is -0.321 e. The van der Waals surface area contributed by atoms with Crippen molar-refractivity contribution in [2.75, 3.05) is 6.54 Å². The number of hydrogen-bond donors (Lipinski definition) is 1. The summed E-state index contributed by atoms with van der Waals surface area (Å²) in [6.07, 6.45) is 4.69. The largest absolute Gasteiger partial charge is 0.321 e. The van der Waals surface area contributed by atoms with Gasteiger partial charge in [0.1, 0.15) is 6.17 Å². The average Bonchev–Trinajstić information content (AvgIpc) is 3.27. The van der Waals surface area contributed by atoms with Crippen molar-refractivity contribution in [2.45, 2.75) is 58.2 Å². The van der Waals surface area contributed by atoms with Crippen LogP contribution in [0.15, 0.2) is 24.3 Å². The molecule has 3 nitrogen and oxygen atoms in total. The molecule has 1 aromatic carbocycles. The lowest BCUT2D eigenvalue weighted by Gasteiger charge is -2.25. The molecule has 0 radical (unpaired) electrons. The molecule has 0 bridgehead atoms. The molecule has 2 fully saturated rings. The van der Waals surface area contributed by atoms with Gasteiger partial charge in [-0.3, -0.25) is 10.1 Å². The van der Waals surface area contributed by atoms with Crippen LogP contribution in [0.25, 0.3) is 0 Å². The number of amides is 1. The second-order valence-electron chi connectivity index (χ2n) is 6.82. The van der Waals surface area contributed by atoms with Crippen molar-refractivity contribution in [3.63, 3.8) is 0 Å². The first-order valence-corrected chi connectivity index (χ1v) is 8.19. The molecule has 2 atom stereocenters. The molecule has 1 heterocycles. The van der Waals surface area contributed by atoms with Crippen molar-refractivity contribution in [3.05, 3.63) is 35.4 Å². The second kappa shape index (κ2) is 5.45. The van der Waals surface area contributed by atoms with Gasteiger partial charge in [-0.2, -0.15) is 0 Å². The Morgan fingerprint density at radius 2 is 2.05 bits per heavy atom. The van der Waals surface area contributed by atoms with Crippen molar-refractivity contribution in [3.8, 4) is 0 Å². The molecule has 2 aliphatic rings. The molecular formula is C18H26N2O. The molecular weight excluding hydrogens is 260 g/mol. The van der Waals surface area contributed by atoms with Crippen molar-refractivity contribution in [2.24, 2.45) is 5.92 Å². The van der Waals surface area contributed by atoms with Gasteiger partial charge in [0.15, 0.2) is 0 Å². The van der Waals surface area contributed by atoms with E-state index in [2.05, 4.69) is 48.3 Å². The highest BCUT2D eigenvalue weighted by molar-refractivity contribution is 5.88. The molecule has 1 saturated carbocycles. The molecule has 3 heteroatoms. The zero-order valence-corrected chi connectivity index (χ0v) is 13.4. The van der Waals surface area contributed by atoms with Gasteiger partial charge in [0.25, 0.3) is 0 Å². The number of carbonyl (C=O) groups excluding carboxylic acids is 1. The summed E-state index contributed by atoms with van der Waals surface area (Å²) < 4.78 is 0. The predicted octanol–water partition coefficient (Wildman–Crippen LogP) is 3.39. The lowest BCUT2D eigenvalue weighted by molar-refractivity contribution is -0.133. The van der Waals surface area contributed by atoms with Gasteiger partial charge in [0.05, 0.1) is 5.54 Å². The molecule has 2 unspecified atom stereocenters. The van der Waals surface area contributed by atoms with Crippen molar-refractivity contribution in [1.29, 1.82) is 0 Å². The summed E-state index contributed by atoms with van der Waals surface area (Å²) in [7, 11) is 0. The molecule has 0 spiro atoms. The maximum atomic E-state index is 12.8. The van der Waals surface area contributed by atoms with Gasteiger partial charge in [-0.25, -0.2) is 0 Å². The van der Waals surface area contributed by atoms with E-state index in [0.717, 1.165) is 25.3 Å². The quantitative estimate of drug-likeness (QED) is 0.900. The first-order valence-electron chi connectivity index (χ1n) is 8.19. The highest BCUT2D eigenvalue weighted by atomic mass is 16.2. The second-order valence-corrected chi connectivity index (χ2v) is 6.82. The van der Waals surface area contributed by atoms with Gasteiger partial charge in [-0.15, -0.1) is 0 Å². The molecule has 21 heavy (non-hydrogen) atoms. The van der Waals surface area contributed by atoms with E-state index in [0.29, 0.717) is 0 Å². The smallest absolute Gasteiger partial charge is 0.244 e. The molecule has 0 aromatic heterocycles. The fourth-order valence-corrected chi connectivity index (χ4v) is 3.23. The maximum Gasteiger partial charge on any atom is 0.244 e. The van der Waals surface area contributed by atoms with Crippen LogP contribution in [0, 0.1) is 12.8 Å². The molecule has 1 aromatic rings. The van der Waals surface area contributed by atoms with Gasteiger partial charge in [0.2, 0.25) is 5.91 Å². The van der Waals surface area contributed by atoms with E-state index in [4.69, 9.17) is 0 Å². The summed E-state index contributed by atoms with van der Waals surface area (Å²) in [6, 6.07) is 8.40. The van der Waals surface area contributed by atoms with Crippen molar-refractivity contribution in [1.82, 2.24) is 10.2 Å². The first kappa shape index (κ1) is 14.6. The number of nitrogens with zero attached hydrogens (tertiary/aromatic N) is 1. The molecule has 1 saturated heterocycles. The Labute approximate surface area is 127 Å². The summed E-state index contributed by atoms with van der Waals surface area (Å²) in [5.74, 6) is 1.11. The Bertz CT molecular complexity index is 538. The maximum absolute atomic E-state index is 12.8. The minimum absolute atomic E-state index is 0.0300. The fraction of sp³-hybridized carbons (Fsp3) is 0.611. The fourth-order valence-electron chi connectivity index (χ4n) is 3.23. The third-order valence-corrected chi connectivity index (χ3v) is 5.17. The van der Waals surface area contributed by atoms with Gasteiger partial charge in [0, 0.05) is 6.54 Å². The van der Waals surface area contributed by atoms with E-state index in [-0.39, 0.29) is 12.1 Å². The summed E-state index contributed by atoms with van der Waals surface area (Å²) >= 11 is 0. The highest BCUT2D eigenvalue weighted by Gasteiger charge is 2.47. The number of hydrogen-bond acceptors (Lipinski definition) is 2. The number of carbonyl (C=O) groups is 1. The monoisotopic (exact) mass is 286 g/mol. The lowest BCUT2D eigenvalue weighted by atomic mass is 9.99. The van der Waals surface area contributed by atoms with E-state index >= 15 is 0 Å². The van der Waals surface area contributed by atoms with Gasteiger partial charge < -0.3 is 4.90 Å². The predicted molar refractivity (Wildman–Crippen MR) is 84.8 cm³/mol. The Morgan fingerprint density at radius 3 is 2.67 bits per heavy atom. The summed E-state index contributed by atoms with van der Waals surface area (Å²) in [5, 5.41) is 3.59. The Morgan fingerprint density at radius 1 is 1.33 bits per heavy atom. The number of benzene rings is 1. The minimum atomic E-state index is -0.420. The average molecular weight is 286 g/mol. The van der Waals surface area contributed by atoms with E-state index < -0.39 is 5.54 Å². The third kappa shape index (κ3) is 2.71. The molecule has 1 aliphatic heterocycles. The van der Waals surface area contributed by atoms with Crippen LogP contribution >= 0.6 is 0 Å². The lowest BCUT2D eigenvalue weighted by Crippen LogP contribution is -2.43. The van der Waals surface area contributed by atoms with Crippen LogP contribution in [0.3, 0.4) is 0 Å². The topological polar surface area (TPSA) is 32.3 Å². The number of aryl methyl sites for hydroxylation is 1. The number of nitrogens with one attached hydrogen (secondary N) is 1. The van der Waals surface area contributed by atoms with Crippen LogP contribution in [0.2, 0.25) is 0 Å². The van der Waals surface area contributed by atoms with Gasteiger partial charge in [-0.05, 0) is 43.7 Å². The van der Waals surface area contributed by atoms with Crippen molar-refractivity contribution >= 4 is 5.91 Å². The van der Waals surface area contributed by atoms with Crippen molar-refractivity contribution < 1.29 is 4.79 Å². The molecule has 114 valence electrons. The first-order chi connectivity index (χ1) is 10.0. The Balaban J connectivity index is 1.87. The summed E-state index contributed by atoms with van der Waals surface area (Å²) in [5.41, 5.74) is 2.06. The zero-order chi connectivity index (χ0) is 15.0. The normalized spacial score (nSPS) is 29.2. The van der Waals surface area contributed by atoms with Crippen LogP contribution in [0.4, 0.5) is 0 Å². The Hall–Kier alpha value is -1.35.